The number of amides is 1. The first-order valence-corrected chi connectivity index (χ1v) is 6.93. The Morgan fingerprint density at radius 2 is 2.10 bits per heavy atom. The second kappa shape index (κ2) is 8.25. The van der Waals surface area contributed by atoms with Gasteiger partial charge in [-0.2, -0.15) is 0 Å². The van der Waals surface area contributed by atoms with Gasteiger partial charge in [0.1, 0.15) is 0 Å². The Morgan fingerprint density at radius 1 is 1.40 bits per heavy atom. The van der Waals surface area contributed by atoms with Gasteiger partial charge in [0.15, 0.2) is 0 Å². The summed E-state index contributed by atoms with van der Waals surface area (Å²) in [6.07, 6.45) is 2.16. The summed E-state index contributed by atoms with van der Waals surface area (Å²) in [6, 6.07) is 8.44. The number of nitrogens with two attached hydrogens (primary N) is 1. The molecule has 0 saturated carbocycles. The monoisotopic (exact) mass is 297 g/mol. The molecule has 0 radical (unpaired) electrons. The van der Waals surface area contributed by atoms with Crippen LogP contribution >= 0.6 is 12.4 Å². The molecule has 1 aliphatic rings. The van der Waals surface area contributed by atoms with Gasteiger partial charge in [0.2, 0.25) is 5.91 Å². The molecule has 1 fully saturated rings. The number of aryl methyl sites for hydroxylation is 1. The van der Waals surface area contributed by atoms with E-state index in [1.807, 2.05) is 12.1 Å². The molecule has 112 valence electrons. The summed E-state index contributed by atoms with van der Waals surface area (Å²) in [5.41, 5.74) is 8.27. The Kier molecular flexibility index (Phi) is 6.99. The molecule has 4 nitrogen and oxygen atoms in total. The fraction of sp³-hybridized carbons (Fsp3) is 0.533. The molecule has 1 amide bonds. The topological polar surface area (TPSA) is 58.4 Å². The normalized spacial score (nSPS) is 19.2. The summed E-state index contributed by atoms with van der Waals surface area (Å²) < 4.78 is 0. The molecule has 1 aromatic carbocycles. The van der Waals surface area contributed by atoms with Crippen molar-refractivity contribution in [1.82, 2.24) is 10.2 Å². The van der Waals surface area contributed by atoms with Crippen LogP contribution in [0.2, 0.25) is 0 Å². The Balaban J connectivity index is 0.00000200. The molecule has 1 aromatic rings. The molecule has 0 aromatic heterocycles. The van der Waals surface area contributed by atoms with Gasteiger partial charge in [-0.05, 0) is 31.9 Å². The van der Waals surface area contributed by atoms with Crippen LogP contribution < -0.4 is 11.1 Å². The quantitative estimate of drug-likeness (QED) is 0.884. The maximum Gasteiger partial charge on any atom is 0.234 e. The molecule has 2 rings (SSSR count). The van der Waals surface area contributed by atoms with Gasteiger partial charge < -0.3 is 11.1 Å². The lowest BCUT2D eigenvalue weighted by Crippen LogP contribution is -2.46. The average Bonchev–Trinajstić information content (AvgIpc) is 2.38. The number of hydrogen-bond acceptors (Lipinski definition) is 3. The highest BCUT2D eigenvalue weighted by Crippen LogP contribution is 2.07. The molecule has 0 aliphatic carbocycles. The zero-order valence-electron chi connectivity index (χ0n) is 12.0. The first-order chi connectivity index (χ1) is 9.13. The van der Waals surface area contributed by atoms with E-state index in [0.29, 0.717) is 13.1 Å². The fourth-order valence-corrected chi connectivity index (χ4v) is 2.40. The van der Waals surface area contributed by atoms with E-state index in [1.54, 1.807) is 0 Å². The van der Waals surface area contributed by atoms with E-state index in [4.69, 9.17) is 5.73 Å². The van der Waals surface area contributed by atoms with Crippen molar-refractivity contribution < 1.29 is 4.79 Å². The summed E-state index contributed by atoms with van der Waals surface area (Å²) in [4.78, 5) is 14.0. The van der Waals surface area contributed by atoms with Gasteiger partial charge in [0, 0.05) is 19.1 Å². The van der Waals surface area contributed by atoms with E-state index >= 15 is 0 Å². The van der Waals surface area contributed by atoms with Gasteiger partial charge in [-0.15, -0.1) is 12.4 Å². The van der Waals surface area contributed by atoms with Gasteiger partial charge in [-0.1, -0.05) is 29.8 Å². The second-order valence-corrected chi connectivity index (χ2v) is 5.40. The number of nitrogens with one attached hydrogen (secondary N) is 1. The van der Waals surface area contributed by atoms with Crippen LogP contribution in [0.15, 0.2) is 24.3 Å². The largest absolute Gasteiger partial charge is 0.351 e. The molecule has 1 atom stereocenters. The number of rotatable bonds is 4. The van der Waals surface area contributed by atoms with Crippen LogP contribution in [0.4, 0.5) is 0 Å². The summed E-state index contributed by atoms with van der Waals surface area (Å²) in [5.74, 6) is 0.0784. The number of carbonyl (C=O) groups is 1. The Morgan fingerprint density at radius 3 is 2.75 bits per heavy atom. The van der Waals surface area contributed by atoms with Crippen LogP contribution in [0.3, 0.4) is 0 Å². The Hall–Kier alpha value is -1.10. The van der Waals surface area contributed by atoms with E-state index in [1.165, 1.54) is 5.56 Å². The number of carbonyl (C=O) groups excluding carboxylic acids is 1. The SMILES string of the molecule is Cc1ccc(CNC(=O)CN2CCC[C@@H](N)C2)cc1.Cl. The molecule has 20 heavy (non-hydrogen) atoms. The number of benzene rings is 1. The number of hydrogen-bond donors (Lipinski definition) is 2. The van der Waals surface area contributed by atoms with Gasteiger partial charge in [-0.3, -0.25) is 9.69 Å². The molecular formula is C15H24ClN3O. The summed E-state index contributed by atoms with van der Waals surface area (Å²) in [5, 5.41) is 2.96. The fourth-order valence-electron chi connectivity index (χ4n) is 2.40. The van der Waals surface area contributed by atoms with Crippen molar-refractivity contribution in [3.8, 4) is 0 Å². The summed E-state index contributed by atoms with van der Waals surface area (Å²) >= 11 is 0. The average molecular weight is 298 g/mol. The van der Waals surface area contributed by atoms with Crippen LogP contribution in [-0.4, -0.2) is 36.5 Å². The van der Waals surface area contributed by atoms with Gasteiger partial charge in [0.25, 0.3) is 0 Å². The molecular weight excluding hydrogens is 274 g/mol. The summed E-state index contributed by atoms with van der Waals surface area (Å²) in [6.45, 7) is 4.92. The van der Waals surface area contributed by atoms with Crippen molar-refractivity contribution in [2.75, 3.05) is 19.6 Å². The maximum absolute atomic E-state index is 11.9. The third kappa shape index (κ3) is 5.49. The van der Waals surface area contributed by atoms with E-state index in [-0.39, 0.29) is 24.4 Å². The van der Waals surface area contributed by atoms with Gasteiger partial charge in [0.05, 0.1) is 6.54 Å². The third-order valence-corrected chi connectivity index (χ3v) is 3.52. The highest BCUT2D eigenvalue weighted by Gasteiger charge is 2.18. The van der Waals surface area contributed by atoms with Crippen LogP contribution in [0.25, 0.3) is 0 Å². The highest BCUT2D eigenvalue weighted by molar-refractivity contribution is 5.85. The van der Waals surface area contributed by atoms with Crippen LogP contribution in [0, 0.1) is 6.92 Å². The summed E-state index contributed by atoms with van der Waals surface area (Å²) in [7, 11) is 0. The third-order valence-electron chi connectivity index (χ3n) is 3.52. The predicted octanol–water partition coefficient (Wildman–Crippen LogP) is 1.46. The second-order valence-electron chi connectivity index (χ2n) is 5.40. The molecule has 3 N–H and O–H groups in total. The number of likely N-dealkylation sites (tertiary alicyclic amines) is 1. The van der Waals surface area contributed by atoms with Gasteiger partial charge in [-0.25, -0.2) is 0 Å². The molecule has 1 aliphatic heterocycles. The van der Waals surface area contributed by atoms with E-state index in [0.717, 1.165) is 31.5 Å². The predicted molar refractivity (Wildman–Crippen MR) is 83.9 cm³/mol. The standard InChI is InChI=1S/C15H23N3O.ClH/c1-12-4-6-13(7-5-12)9-17-15(19)11-18-8-2-3-14(16)10-18;/h4-7,14H,2-3,8-11,16H2,1H3,(H,17,19);1H/t14-;/m1./s1. The minimum Gasteiger partial charge on any atom is -0.351 e. The smallest absolute Gasteiger partial charge is 0.234 e. The first-order valence-electron chi connectivity index (χ1n) is 6.93. The molecule has 0 bridgehead atoms. The van der Waals surface area contributed by atoms with Crippen molar-refractivity contribution in [3.05, 3.63) is 35.4 Å². The van der Waals surface area contributed by atoms with Crippen LogP contribution in [-0.2, 0) is 11.3 Å². The zero-order valence-corrected chi connectivity index (χ0v) is 12.8. The first kappa shape index (κ1) is 17.0. The van der Waals surface area contributed by atoms with Crippen molar-refractivity contribution in [3.63, 3.8) is 0 Å². The van der Waals surface area contributed by atoms with E-state index in [2.05, 4.69) is 29.3 Å². The van der Waals surface area contributed by atoms with Crippen LogP contribution in [0.5, 0.6) is 0 Å². The highest BCUT2D eigenvalue weighted by atomic mass is 35.5. The maximum atomic E-state index is 11.9. The Labute approximate surface area is 127 Å². The van der Waals surface area contributed by atoms with Crippen molar-refractivity contribution in [2.45, 2.75) is 32.4 Å². The van der Waals surface area contributed by atoms with Crippen molar-refractivity contribution in [1.29, 1.82) is 0 Å². The zero-order chi connectivity index (χ0) is 13.7. The van der Waals surface area contributed by atoms with E-state index in [9.17, 15) is 4.79 Å². The number of nitrogens with zero attached hydrogens (tertiary/aromatic N) is 1. The number of piperidine rings is 1. The molecule has 1 heterocycles. The molecule has 5 heteroatoms. The van der Waals surface area contributed by atoms with Crippen LogP contribution in [0.1, 0.15) is 24.0 Å². The number of halogens is 1. The lowest BCUT2D eigenvalue weighted by Gasteiger charge is -2.29. The minimum absolute atomic E-state index is 0. The molecule has 0 spiro atoms. The lowest BCUT2D eigenvalue weighted by atomic mass is 10.1. The molecule has 0 unspecified atom stereocenters. The van der Waals surface area contributed by atoms with E-state index < -0.39 is 0 Å². The molecule has 1 saturated heterocycles. The van der Waals surface area contributed by atoms with Crippen molar-refractivity contribution >= 4 is 18.3 Å². The van der Waals surface area contributed by atoms with Crippen molar-refractivity contribution in [2.24, 2.45) is 5.73 Å². The van der Waals surface area contributed by atoms with Gasteiger partial charge >= 0.3 is 0 Å². The minimum atomic E-state index is 0. The Bertz CT molecular complexity index is 422. The lowest BCUT2D eigenvalue weighted by molar-refractivity contribution is -0.122.